The molecule has 3 aromatic carbocycles. The lowest BCUT2D eigenvalue weighted by Crippen LogP contribution is -2.31. The Balaban J connectivity index is 1.48. The molecule has 31 heavy (non-hydrogen) atoms. The van der Waals surface area contributed by atoms with E-state index in [1.54, 1.807) is 41.3 Å². The second-order valence-electron chi connectivity index (χ2n) is 7.37. The van der Waals surface area contributed by atoms with Crippen LogP contribution in [0.4, 0.5) is 0 Å². The molecule has 0 aliphatic carbocycles. The van der Waals surface area contributed by atoms with Crippen LogP contribution in [0.3, 0.4) is 0 Å². The summed E-state index contributed by atoms with van der Waals surface area (Å²) < 4.78 is 25.8. The molecule has 1 amide bonds. The van der Waals surface area contributed by atoms with Gasteiger partial charge in [0.1, 0.15) is 0 Å². The van der Waals surface area contributed by atoms with Crippen LogP contribution in [-0.2, 0) is 9.84 Å². The van der Waals surface area contributed by atoms with Crippen LogP contribution >= 0.6 is 34.8 Å². The maximum Gasteiger partial charge on any atom is 0.253 e. The quantitative estimate of drug-likeness (QED) is 0.447. The van der Waals surface area contributed by atoms with E-state index >= 15 is 0 Å². The van der Waals surface area contributed by atoms with E-state index in [2.05, 4.69) is 0 Å². The van der Waals surface area contributed by atoms with E-state index in [0.29, 0.717) is 33.6 Å². The highest BCUT2D eigenvalue weighted by Gasteiger charge is 2.36. The lowest BCUT2D eigenvalue weighted by atomic mass is 10.0. The van der Waals surface area contributed by atoms with Crippen LogP contribution in [0.25, 0.3) is 11.1 Å². The molecule has 4 nitrogen and oxygen atoms in total. The van der Waals surface area contributed by atoms with Crippen LogP contribution in [0, 0.1) is 0 Å². The van der Waals surface area contributed by atoms with Gasteiger partial charge in [-0.1, -0.05) is 53.0 Å². The minimum Gasteiger partial charge on any atom is -0.337 e. The Bertz CT molecular complexity index is 1230. The average molecular weight is 495 g/mol. The Kier molecular flexibility index (Phi) is 6.31. The summed E-state index contributed by atoms with van der Waals surface area (Å²) in [6, 6.07) is 18.6. The van der Waals surface area contributed by atoms with Gasteiger partial charge in [-0.25, -0.2) is 8.42 Å². The van der Waals surface area contributed by atoms with E-state index in [-0.39, 0.29) is 17.3 Å². The van der Waals surface area contributed by atoms with E-state index in [1.807, 2.05) is 18.2 Å². The molecule has 0 saturated carbocycles. The molecule has 1 heterocycles. The topological polar surface area (TPSA) is 54.5 Å². The van der Waals surface area contributed by atoms with Gasteiger partial charge < -0.3 is 4.90 Å². The summed E-state index contributed by atoms with van der Waals surface area (Å²) in [6.45, 7) is 0.559. The number of amides is 1. The number of halogens is 3. The first-order valence-electron chi connectivity index (χ1n) is 9.60. The van der Waals surface area contributed by atoms with Crippen molar-refractivity contribution in [2.24, 2.45) is 0 Å². The number of nitrogens with zero attached hydrogens (tertiary/aromatic N) is 1. The van der Waals surface area contributed by atoms with Crippen LogP contribution in [0.5, 0.6) is 0 Å². The number of hydrogen-bond donors (Lipinski definition) is 0. The van der Waals surface area contributed by atoms with Crippen LogP contribution in [0.15, 0.2) is 71.6 Å². The number of carbonyl (C=O) groups excluding carboxylic acids is 1. The Morgan fingerprint density at radius 2 is 1.48 bits per heavy atom. The summed E-state index contributed by atoms with van der Waals surface area (Å²) >= 11 is 17.9. The molecule has 0 aromatic heterocycles. The zero-order valence-corrected chi connectivity index (χ0v) is 19.3. The van der Waals surface area contributed by atoms with E-state index < -0.39 is 15.1 Å². The average Bonchev–Trinajstić information content (AvgIpc) is 3.27. The smallest absolute Gasteiger partial charge is 0.253 e. The molecular formula is C23H18Cl3NO3S. The second kappa shape index (κ2) is 8.83. The first-order chi connectivity index (χ1) is 14.8. The van der Waals surface area contributed by atoms with Gasteiger partial charge in [0.2, 0.25) is 0 Å². The largest absolute Gasteiger partial charge is 0.337 e. The maximum atomic E-state index is 12.9. The van der Waals surface area contributed by atoms with Gasteiger partial charge in [-0.3, -0.25) is 4.79 Å². The highest BCUT2D eigenvalue weighted by atomic mass is 35.5. The minimum absolute atomic E-state index is 0.165. The van der Waals surface area contributed by atoms with Gasteiger partial charge >= 0.3 is 0 Å². The number of benzene rings is 3. The van der Waals surface area contributed by atoms with Crippen molar-refractivity contribution >= 4 is 50.5 Å². The van der Waals surface area contributed by atoms with Gasteiger partial charge in [0.25, 0.3) is 5.91 Å². The Morgan fingerprint density at radius 1 is 0.839 bits per heavy atom. The van der Waals surface area contributed by atoms with Crippen LogP contribution < -0.4 is 0 Å². The van der Waals surface area contributed by atoms with Gasteiger partial charge in [-0.05, 0) is 66.1 Å². The third kappa shape index (κ3) is 4.60. The van der Waals surface area contributed by atoms with Crippen LogP contribution in [0.1, 0.15) is 16.8 Å². The van der Waals surface area contributed by atoms with Crippen molar-refractivity contribution in [3.63, 3.8) is 0 Å². The van der Waals surface area contributed by atoms with Crippen molar-refractivity contribution in [3.05, 3.63) is 87.4 Å². The summed E-state index contributed by atoms with van der Waals surface area (Å²) in [6.07, 6.45) is 0.401. The fraction of sp³-hybridized carbons (Fsp3) is 0.174. The first-order valence-corrected chi connectivity index (χ1v) is 12.3. The Morgan fingerprint density at radius 3 is 2.13 bits per heavy atom. The number of likely N-dealkylation sites (tertiary alicyclic amines) is 1. The van der Waals surface area contributed by atoms with E-state index in [4.69, 9.17) is 34.8 Å². The van der Waals surface area contributed by atoms with Crippen molar-refractivity contribution in [2.75, 3.05) is 13.1 Å². The van der Waals surface area contributed by atoms with Crippen LogP contribution in [0.2, 0.25) is 15.1 Å². The van der Waals surface area contributed by atoms with Crippen molar-refractivity contribution in [3.8, 4) is 11.1 Å². The summed E-state index contributed by atoms with van der Waals surface area (Å²) in [4.78, 5) is 14.7. The SMILES string of the molecule is O=C(c1ccc(-c2ccc(Cl)c(Cl)c2)cc1)N1CCC(S(=O)(=O)c2ccc(Cl)cc2)C1. The molecule has 8 heteroatoms. The van der Waals surface area contributed by atoms with Gasteiger partial charge in [-0.2, -0.15) is 0 Å². The molecule has 0 spiro atoms. The molecule has 0 bridgehead atoms. The predicted octanol–water partition coefficient (Wildman–Crippen LogP) is 6.00. The van der Waals surface area contributed by atoms with Gasteiger partial charge in [0.15, 0.2) is 9.84 Å². The zero-order valence-electron chi connectivity index (χ0n) is 16.3. The molecule has 1 saturated heterocycles. The fourth-order valence-corrected chi connectivity index (χ4v) is 5.76. The standard InChI is InChI=1S/C23H18Cl3NO3S/c24-18-6-8-19(9-7-18)31(29,30)20-11-12-27(14-20)23(28)16-3-1-15(2-4-16)17-5-10-21(25)22(26)13-17/h1-10,13,20H,11-12,14H2. The first kappa shape index (κ1) is 22.2. The molecule has 1 unspecified atom stereocenters. The zero-order chi connectivity index (χ0) is 22.2. The number of rotatable bonds is 4. The van der Waals surface area contributed by atoms with E-state index in [9.17, 15) is 13.2 Å². The van der Waals surface area contributed by atoms with Crippen molar-refractivity contribution in [2.45, 2.75) is 16.6 Å². The number of hydrogen-bond acceptors (Lipinski definition) is 3. The molecular weight excluding hydrogens is 477 g/mol. The molecule has 1 atom stereocenters. The van der Waals surface area contributed by atoms with Gasteiger partial charge in [0, 0.05) is 23.7 Å². The summed E-state index contributed by atoms with van der Waals surface area (Å²) in [5, 5.41) is 0.790. The molecule has 3 aromatic rings. The van der Waals surface area contributed by atoms with Crippen molar-refractivity contribution in [1.82, 2.24) is 4.90 Å². The van der Waals surface area contributed by atoms with Gasteiger partial charge in [-0.15, -0.1) is 0 Å². The third-order valence-electron chi connectivity index (χ3n) is 5.40. The second-order valence-corrected chi connectivity index (χ2v) is 10.8. The third-order valence-corrected chi connectivity index (χ3v) is 8.58. The summed E-state index contributed by atoms with van der Waals surface area (Å²) in [5.74, 6) is -0.186. The minimum atomic E-state index is -3.53. The predicted molar refractivity (Wildman–Crippen MR) is 125 cm³/mol. The van der Waals surface area contributed by atoms with Gasteiger partial charge in [0.05, 0.1) is 20.2 Å². The molecule has 4 rings (SSSR count). The lowest BCUT2D eigenvalue weighted by molar-refractivity contribution is 0.0793. The fourth-order valence-electron chi connectivity index (χ4n) is 3.65. The monoisotopic (exact) mass is 493 g/mol. The Hall–Kier alpha value is -2.05. The lowest BCUT2D eigenvalue weighted by Gasteiger charge is -2.17. The summed E-state index contributed by atoms with van der Waals surface area (Å²) in [7, 11) is -3.53. The highest BCUT2D eigenvalue weighted by Crippen LogP contribution is 2.30. The molecule has 160 valence electrons. The number of sulfone groups is 1. The molecule has 0 radical (unpaired) electrons. The van der Waals surface area contributed by atoms with Crippen molar-refractivity contribution < 1.29 is 13.2 Å². The van der Waals surface area contributed by atoms with E-state index in [0.717, 1.165) is 11.1 Å². The highest BCUT2D eigenvalue weighted by molar-refractivity contribution is 7.92. The molecule has 0 N–H and O–H groups in total. The van der Waals surface area contributed by atoms with Crippen molar-refractivity contribution in [1.29, 1.82) is 0 Å². The normalized spacial score (nSPS) is 16.5. The van der Waals surface area contributed by atoms with E-state index in [1.165, 1.54) is 12.1 Å². The van der Waals surface area contributed by atoms with Crippen LogP contribution in [-0.4, -0.2) is 37.6 Å². The number of carbonyl (C=O) groups is 1. The summed E-state index contributed by atoms with van der Waals surface area (Å²) in [5.41, 5.74) is 2.30. The maximum absolute atomic E-state index is 12.9. The molecule has 1 aliphatic heterocycles. The molecule has 1 fully saturated rings. The molecule has 1 aliphatic rings. The Labute approximate surface area is 196 Å².